The summed E-state index contributed by atoms with van der Waals surface area (Å²) in [6.07, 6.45) is 0. The number of anilines is 1. The molecule has 0 bridgehead atoms. The molecule has 4 aromatic rings. The van der Waals surface area contributed by atoms with Gasteiger partial charge >= 0.3 is 22.0 Å². The van der Waals surface area contributed by atoms with Crippen molar-refractivity contribution in [1.82, 2.24) is 19.6 Å². The van der Waals surface area contributed by atoms with E-state index in [-0.39, 0.29) is 34.4 Å². The third kappa shape index (κ3) is 4.45. The molecule has 14 heteroatoms. The number of sulfonamides is 1. The molecular formula is C22H17ClFN5O6S. The van der Waals surface area contributed by atoms with Gasteiger partial charge in [-0.1, -0.05) is 35.9 Å². The lowest BCUT2D eigenvalue weighted by Gasteiger charge is -2.24. The lowest BCUT2D eigenvalue weighted by Crippen LogP contribution is -2.39. The van der Waals surface area contributed by atoms with Crippen molar-refractivity contribution in [2.24, 2.45) is 0 Å². The standard InChI is InChI=1S/C22H17ClFN5O6S/c1-3-35-22-25-16(24)12-17-26-21(27-28(17)22)36(32,33)29(19(30)13-8-5-4-6-9-13)18-14(20(31)34-2)10-7-11-15(18)23/h4-12H,3H2,1-2H3. The van der Waals surface area contributed by atoms with Crippen molar-refractivity contribution in [1.29, 1.82) is 0 Å². The van der Waals surface area contributed by atoms with Crippen molar-refractivity contribution in [3.8, 4) is 6.01 Å². The van der Waals surface area contributed by atoms with Gasteiger partial charge in [0.25, 0.3) is 11.1 Å². The van der Waals surface area contributed by atoms with Crippen molar-refractivity contribution in [3.05, 3.63) is 76.7 Å². The van der Waals surface area contributed by atoms with Crippen molar-refractivity contribution < 1.29 is 31.9 Å². The number of para-hydroxylation sites is 1. The van der Waals surface area contributed by atoms with Gasteiger partial charge < -0.3 is 9.47 Å². The third-order valence-electron chi connectivity index (χ3n) is 4.79. The van der Waals surface area contributed by atoms with Crippen LogP contribution in [0.2, 0.25) is 5.02 Å². The fourth-order valence-corrected chi connectivity index (χ4v) is 4.88. The van der Waals surface area contributed by atoms with Gasteiger partial charge in [-0.3, -0.25) is 4.79 Å². The molecule has 2 aromatic carbocycles. The van der Waals surface area contributed by atoms with E-state index in [2.05, 4.69) is 15.1 Å². The van der Waals surface area contributed by atoms with Gasteiger partial charge in [-0.2, -0.15) is 31.6 Å². The molecule has 0 spiro atoms. The number of benzene rings is 2. The summed E-state index contributed by atoms with van der Waals surface area (Å²) in [4.78, 5) is 33.5. The second kappa shape index (κ2) is 9.87. The van der Waals surface area contributed by atoms with Gasteiger partial charge in [0.1, 0.15) is 0 Å². The number of rotatable bonds is 7. The van der Waals surface area contributed by atoms with Gasteiger partial charge in [0.05, 0.1) is 30.0 Å². The highest BCUT2D eigenvalue weighted by Crippen LogP contribution is 2.35. The number of halogens is 2. The quantitative estimate of drug-likeness (QED) is 0.259. The molecule has 0 unspecified atom stereocenters. The number of amides is 1. The Balaban J connectivity index is 2.00. The lowest BCUT2D eigenvalue weighted by atomic mass is 10.1. The number of ether oxygens (including phenoxy) is 2. The predicted molar refractivity (Wildman–Crippen MR) is 125 cm³/mol. The molecule has 0 aliphatic carbocycles. The third-order valence-corrected chi connectivity index (χ3v) is 6.56. The fraction of sp³-hybridized carbons (Fsp3) is 0.136. The van der Waals surface area contributed by atoms with Crippen LogP contribution in [0.5, 0.6) is 6.01 Å². The molecule has 0 atom stereocenters. The monoisotopic (exact) mass is 533 g/mol. The number of carbonyl (C=O) groups excluding carboxylic acids is 2. The number of methoxy groups -OCH3 is 1. The number of aromatic nitrogens is 4. The minimum absolute atomic E-state index is 0.0386. The van der Waals surface area contributed by atoms with Crippen LogP contribution in [0, 0.1) is 5.95 Å². The van der Waals surface area contributed by atoms with E-state index in [0.717, 1.165) is 17.7 Å². The summed E-state index contributed by atoms with van der Waals surface area (Å²) in [6.45, 7) is 1.69. The second-order valence-electron chi connectivity index (χ2n) is 7.03. The zero-order valence-electron chi connectivity index (χ0n) is 18.8. The van der Waals surface area contributed by atoms with Crippen LogP contribution in [0.15, 0.2) is 59.8 Å². The Morgan fingerprint density at radius 3 is 2.50 bits per heavy atom. The molecular weight excluding hydrogens is 517 g/mol. The Hall–Kier alpha value is -4.10. The zero-order valence-corrected chi connectivity index (χ0v) is 20.3. The van der Waals surface area contributed by atoms with Gasteiger partial charge in [-0.15, -0.1) is 5.10 Å². The highest BCUT2D eigenvalue weighted by Gasteiger charge is 2.39. The summed E-state index contributed by atoms with van der Waals surface area (Å²) >= 11 is 6.32. The summed E-state index contributed by atoms with van der Waals surface area (Å²) in [5.41, 5.74) is -1.05. The van der Waals surface area contributed by atoms with E-state index >= 15 is 0 Å². The first-order valence-electron chi connectivity index (χ1n) is 10.3. The van der Waals surface area contributed by atoms with E-state index in [1.807, 2.05) is 0 Å². The summed E-state index contributed by atoms with van der Waals surface area (Å²) in [7, 11) is -3.86. The number of carbonyl (C=O) groups is 2. The van der Waals surface area contributed by atoms with Crippen LogP contribution in [-0.2, 0) is 14.8 Å². The summed E-state index contributed by atoms with van der Waals surface area (Å²) in [5.74, 6) is -2.98. The maximum atomic E-state index is 14.0. The maximum absolute atomic E-state index is 14.0. The zero-order chi connectivity index (χ0) is 26.0. The summed E-state index contributed by atoms with van der Waals surface area (Å²) in [5, 5.41) is 2.77. The Morgan fingerprint density at radius 1 is 1.11 bits per heavy atom. The smallest absolute Gasteiger partial charge is 0.340 e. The molecule has 0 saturated carbocycles. The largest absolute Gasteiger partial charge is 0.465 e. The van der Waals surface area contributed by atoms with E-state index in [0.29, 0.717) is 4.31 Å². The van der Waals surface area contributed by atoms with Crippen molar-refractivity contribution in [2.45, 2.75) is 12.1 Å². The second-order valence-corrected chi connectivity index (χ2v) is 9.11. The van der Waals surface area contributed by atoms with Crippen LogP contribution < -0.4 is 9.04 Å². The number of hydrogen-bond acceptors (Lipinski definition) is 9. The average Bonchev–Trinajstić information content (AvgIpc) is 3.30. The van der Waals surface area contributed by atoms with E-state index in [4.69, 9.17) is 21.1 Å². The normalized spacial score (nSPS) is 11.3. The Morgan fingerprint density at radius 2 is 1.83 bits per heavy atom. The van der Waals surface area contributed by atoms with Crippen molar-refractivity contribution >= 4 is 44.8 Å². The molecule has 4 rings (SSSR count). The van der Waals surface area contributed by atoms with Gasteiger partial charge in [0, 0.05) is 11.6 Å². The van der Waals surface area contributed by atoms with E-state index in [1.54, 1.807) is 13.0 Å². The van der Waals surface area contributed by atoms with Crippen molar-refractivity contribution in [3.63, 3.8) is 0 Å². The first-order valence-corrected chi connectivity index (χ1v) is 12.1. The molecule has 0 fully saturated rings. The molecule has 186 valence electrons. The summed E-state index contributed by atoms with van der Waals surface area (Å²) in [6, 6.07) is 11.9. The van der Waals surface area contributed by atoms with Crippen LogP contribution in [0.25, 0.3) is 5.65 Å². The van der Waals surface area contributed by atoms with Crippen LogP contribution in [0.1, 0.15) is 27.6 Å². The van der Waals surface area contributed by atoms with Gasteiger partial charge in [-0.05, 0) is 31.2 Å². The first kappa shape index (κ1) is 25.0. The highest BCUT2D eigenvalue weighted by molar-refractivity contribution is 7.93. The Kier molecular flexibility index (Phi) is 6.86. The predicted octanol–water partition coefficient (Wildman–Crippen LogP) is 3.14. The molecule has 0 saturated heterocycles. The highest BCUT2D eigenvalue weighted by atomic mass is 35.5. The Labute approximate surface area is 209 Å². The van der Waals surface area contributed by atoms with E-state index in [1.165, 1.54) is 42.5 Å². The van der Waals surface area contributed by atoms with Gasteiger partial charge in [-0.25, -0.2) is 4.79 Å². The summed E-state index contributed by atoms with van der Waals surface area (Å²) < 4.78 is 52.9. The maximum Gasteiger partial charge on any atom is 0.340 e. The minimum Gasteiger partial charge on any atom is -0.465 e. The minimum atomic E-state index is -4.95. The Bertz CT molecular complexity index is 1580. The molecule has 0 N–H and O–H groups in total. The van der Waals surface area contributed by atoms with Crippen molar-refractivity contribution in [2.75, 3.05) is 18.0 Å². The van der Waals surface area contributed by atoms with Crippen LogP contribution >= 0.6 is 11.6 Å². The van der Waals surface area contributed by atoms with Crippen LogP contribution in [0.3, 0.4) is 0 Å². The molecule has 2 heterocycles. The average molecular weight is 534 g/mol. The van der Waals surface area contributed by atoms with Crippen LogP contribution in [-0.4, -0.2) is 53.6 Å². The number of nitrogens with zero attached hydrogens (tertiary/aromatic N) is 5. The van der Waals surface area contributed by atoms with Gasteiger partial charge in [0.15, 0.2) is 5.65 Å². The molecule has 0 aliphatic heterocycles. The molecule has 2 aromatic heterocycles. The lowest BCUT2D eigenvalue weighted by molar-refractivity contribution is 0.0601. The van der Waals surface area contributed by atoms with E-state index < -0.39 is 38.7 Å². The van der Waals surface area contributed by atoms with Crippen LogP contribution in [0.4, 0.5) is 10.1 Å². The molecule has 0 radical (unpaired) electrons. The number of fused-ring (bicyclic) bond motifs is 1. The molecule has 36 heavy (non-hydrogen) atoms. The fourth-order valence-electron chi connectivity index (χ4n) is 3.25. The van der Waals surface area contributed by atoms with E-state index in [9.17, 15) is 22.4 Å². The first-order chi connectivity index (χ1) is 17.2. The number of hydrogen-bond donors (Lipinski definition) is 0. The molecule has 0 aliphatic rings. The SMILES string of the molecule is CCOc1nc(F)cc2nc(S(=O)(=O)N(C(=O)c3ccccc3)c3c(Cl)cccc3C(=O)OC)nn12. The molecule has 1 amide bonds. The van der Waals surface area contributed by atoms with Gasteiger partial charge in [0.2, 0.25) is 5.95 Å². The molecule has 11 nitrogen and oxygen atoms in total. The topological polar surface area (TPSA) is 133 Å². The number of esters is 1.